The normalized spacial score (nSPS) is 14.2. The predicted molar refractivity (Wildman–Crippen MR) is 55.3 cm³/mol. The van der Waals surface area contributed by atoms with Crippen molar-refractivity contribution in [1.82, 2.24) is 0 Å². The van der Waals surface area contributed by atoms with Crippen molar-refractivity contribution in [2.75, 3.05) is 0 Å². The molecule has 1 aliphatic rings. The zero-order valence-electron chi connectivity index (χ0n) is 6.99. The SMILES string of the molecule is C1=COc2ccc3ccsc3c2C1. The number of allylic oxidation sites excluding steroid dienone is 1. The zero-order chi connectivity index (χ0) is 8.67. The van der Waals surface area contributed by atoms with E-state index in [0.29, 0.717) is 0 Å². The molecule has 1 aromatic heterocycles. The summed E-state index contributed by atoms with van der Waals surface area (Å²) in [7, 11) is 0. The van der Waals surface area contributed by atoms with Crippen LogP contribution < -0.4 is 4.74 Å². The molecule has 1 aliphatic heterocycles. The molecule has 0 amide bonds. The lowest BCUT2D eigenvalue weighted by Gasteiger charge is -2.11. The van der Waals surface area contributed by atoms with Crippen molar-refractivity contribution in [3.63, 3.8) is 0 Å². The Morgan fingerprint density at radius 1 is 1.23 bits per heavy atom. The average molecular weight is 188 g/mol. The summed E-state index contributed by atoms with van der Waals surface area (Å²) in [6, 6.07) is 6.32. The van der Waals surface area contributed by atoms with Gasteiger partial charge in [0.05, 0.1) is 6.26 Å². The molecule has 2 heteroatoms. The van der Waals surface area contributed by atoms with Gasteiger partial charge in [-0.15, -0.1) is 11.3 Å². The van der Waals surface area contributed by atoms with Crippen LogP contribution in [-0.2, 0) is 6.42 Å². The number of rotatable bonds is 0. The van der Waals surface area contributed by atoms with Gasteiger partial charge in [-0.05, 0) is 41.5 Å². The Kier molecular flexibility index (Phi) is 1.43. The summed E-state index contributed by atoms with van der Waals surface area (Å²) in [6.45, 7) is 0. The smallest absolute Gasteiger partial charge is 0.131 e. The Bertz CT molecular complexity index is 482. The van der Waals surface area contributed by atoms with Gasteiger partial charge in [-0.2, -0.15) is 0 Å². The molecule has 13 heavy (non-hydrogen) atoms. The van der Waals surface area contributed by atoms with E-state index in [1.54, 1.807) is 17.6 Å². The molecule has 0 fully saturated rings. The molecule has 0 bridgehead atoms. The first-order valence-electron chi connectivity index (χ1n) is 4.26. The average Bonchev–Trinajstić information content (AvgIpc) is 2.65. The minimum Gasteiger partial charge on any atom is -0.465 e. The van der Waals surface area contributed by atoms with Crippen molar-refractivity contribution in [3.05, 3.63) is 41.5 Å². The number of ether oxygens (including phenoxy) is 1. The number of thiophene rings is 1. The fourth-order valence-corrected chi connectivity index (χ4v) is 2.61. The zero-order valence-corrected chi connectivity index (χ0v) is 7.80. The van der Waals surface area contributed by atoms with Crippen LogP contribution in [0.1, 0.15) is 5.56 Å². The van der Waals surface area contributed by atoms with Gasteiger partial charge in [0.2, 0.25) is 0 Å². The van der Waals surface area contributed by atoms with Crippen molar-refractivity contribution in [2.24, 2.45) is 0 Å². The summed E-state index contributed by atoms with van der Waals surface area (Å²) in [4.78, 5) is 0. The third-order valence-corrected chi connectivity index (χ3v) is 3.28. The number of hydrogen-bond acceptors (Lipinski definition) is 2. The second kappa shape index (κ2) is 2.60. The number of hydrogen-bond donors (Lipinski definition) is 0. The van der Waals surface area contributed by atoms with E-state index in [4.69, 9.17) is 4.74 Å². The molecule has 0 atom stereocenters. The lowest BCUT2D eigenvalue weighted by atomic mass is 10.1. The van der Waals surface area contributed by atoms with Gasteiger partial charge in [0.25, 0.3) is 0 Å². The molecule has 2 heterocycles. The molecule has 0 saturated heterocycles. The minimum absolute atomic E-state index is 0.993. The van der Waals surface area contributed by atoms with E-state index < -0.39 is 0 Å². The molecule has 0 radical (unpaired) electrons. The largest absolute Gasteiger partial charge is 0.465 e. The summed E-state index contributed by atoms with van der Waals surface area (Å²) in [5, 5.41) is 3.45. The molecule has 0 spiro atoms. The van der Waals surface area contributed by atoms with Crippen LogP contribution in [-0.4, -0.2) is 0 Å². The molecule has 0 N–H and O–H groups in total. The molecule has 3 rings (SSSR count). The fraction of sp³-hybridized carbons (Fsp3) is 0.0909. The highest BCUT2D eigenvalue weighted by atomic mass is 32.1. The van der Waals surface area contributed by atoms with Gasteiger partial charge in [-0.1, -0.05) is 0 Å². The quantitative estimate of drug-likeness (QED) is 0.616. The van der Waals surface area contributed by atoms with Gasteiger partial charge < -0.3 is 4.74 Å². The van der Waals surface area contributed by atoms with E-state index in [-0.39, 0.29) is 0 Å². The van der Waals surface area contributed by atoms with Crippen LogP contribution in [0.25, 0.3) is 10.1 Å². The number of fused-ring (bicyclic) bond motifs is 3. The molecule has 0 saturated carbocycles. The molecule has 0 unspecified atom stereocenters. The van der Waals surface area contributed by atoms with Gasteiger partial charge in [0.15, 0.2) is 0 Å². The lowest BCUT2D eigenvalue weighted by Crippen LogP contribution is -1.95. The van der Waals surface area contributed by atoms with Crippen LogP contribution in [0.3, 0.4) is 0 Å². The summed E-state index contributed by atoms with van der Waals surface area (Å²) in [5.74, 6) is 1.01. The van der Waals surface area contributed by atoms with E-state index in [2.05, 4.69) is 23.6 Å². The monoisotopic (exact) mass is 188 g/mol. The van der Waals surface area contributed by atoms with Crippen molar-refractivity contribution in [3.8, 4) is 5.75 Å². The van der Waals surface area contributed by atoms with Crippen molar-refractivity contribution >= 4 is 21.4 Å². The van der Waals surface area contributed by atoms with E-state index in [1.165, 1.54) is 15.6 Å². The standard InChI is InChI=1S/C11H8OS/c1-2-9-10(12-6-1)4-3-8-5-7-13-11(8)9/h1,3-7H,2H2. The minimum atomic E-state index is 0.993. The maximum atomic E-state index is 5.43. The van der Waals surface area contributed by atoms with Gasteiger partial charge in [-0.3, -0.25) is 0 Å². The third kappa shape index (κ3) is 0.988. The molecule has 0 aliphatic carbocycles. The van der Waals surface area contributed by atoms with Crippen molar-refractivity contribution in [1.29, 1.82) is 0 Å². The highest BCUT2D eigenvalue weighted by Gasteiger charge is 2.10. The van der Waals surface area contributed by atoms with Crippen LogP contribution in [0.4, 0.5) is 0 Å². The van der Waals surface area contributed by atoms with Crippen molar-refractivity contribution in [2.45, 2.75) is 6.42 Å². The maximum absolute atomic E-state index is 5.43. The van der Waals surface area contributed by atoms with Crippen molar-refractivity contribution < 1.29 is 4.74 Å². The van der Waals surface area contributed by atoms with E-state index in [1.807, 2.05) is 6.07 Å². The highest BCUT2D eigenvalue weighted by molar-refractivity contribution is 7.17. The summed E-state index contributed by atoms with van der Waals surface area (Å²) in [5.41, 5.74) is 1.33. The topological polar surface area (TPSA) is 9.23 Å². The van der Waals surface area contributed by atoms with Gasteiger partial charge in [0.1, 0.15) is 5.75 Å². The molecular weight excluding hydrogens is 180 g/mol. The second-order valence-electron chi connectivity index (χ2n) is 3.07. The summed E-state index contributed by atoms with van der Waals surface area (Å²) >= 11 is 1.79. The first kappa shape index (κ1) is 7.15. The first-order valence-corrected chi connectivity index (χ1v) is 5.14. The van der Waals surface area contributed by atoms with Gasteiger partial charge in [-0.25, -0.2) is 0 Å². The molecule has 1 aromatic carbocycles. The Morgan fingerprint density at radius 2 is 2.23 bits per heavy atom. The van der Waals surface area contributed by atoms with Crippen LogP contribution >= 0.6 is 11.3 Å². The predicted octanol–water partition coefficient (Wildman–Crippen LogP) is 3.35. The summed E-state index contributed by atoms with van der Waals surface area (Å²) < 4.78 is 6.79. The second-order valence-corrected chi connectivity index (χ2v) is 3.99. The Hall–Kier alpha value is -1.28. The van der Waals surface area contributed by atoms with Crippen LogP contribution in [0.2, 0.25) is 0 Å². The Morgan fingerprint density at radius 3 is 3.23 bits per heavy atom. The van der Waals surface area contributed by atoms with Crippen LogP contribution in [0.15, 0.2) is 35.9 Å². The van der Waals surface area contributed by atoms with E-state index >= 15 is 0 Å². The van der Waals surface area contributed by atoms with Crippen LogP contribution in [0.5, 0.6) is 5.75 Å². The fourth-order valence-electron chi connectivity index (χ4n) is 1.66. The first-order chi connectivity index (χ1) is 6.45. The molecule has 1 nitrogen and oxygen atoms in total. The van der Waals surface area contributed by atoms with Gasteiger partial charge >= 0.3 is 0 Å². The number of benzene rings is 1. The summed E-state index contributed by atoms with van der Waals surface area (Å²) in [6.07, 6.45) is 4.82. The molecular formula is C11H8OS. The van der Waals surface area contributed by atoms with Gasteiger partial charge in [0, 0.05) is 10.3 Å². The maximum Gasteiger partial charge on any atom is 0.131 e. The highest BCUT2D eigenvalue weighted by Crippen LogP contribution is 2.34. The third-order valence-electron chi connectivity index (χ3n) is 2.29. The van der Waals surface area contributed by atoms with E-state index in [0.717, 1.165) is 12.2 Å². The molecule has 2 aromatic rings. The molecule has 64 valence electrons. The Labute approximate surface area is 80.3 Å². The Balaban J connectivity index is 2.38. The van der Waals surface area contributed by atoms with Crippen LogP contribution in [0, 0.1) is 0 Å². The lowest BCUT2D eigenvalue weighted by molar-refractivity contribution is 0.466. The van der Waals surface area contributed by atoms with E-state index in [9.17, 15) is 0 Å².